The molecule has 0 bridgehead atoms. The highest BCUT2D eigenvalue weighted by atomic mass is 32.2. The Bertz CT molecular complexity index is 559. The molecule has 1 aliphatic rings. The van der Waals surface area contributed by atoms with E-state index in [-0.39, 0.29) is 17.3 Å². The first-order valence-corrected chi connectivity index (χ1v) is 8.55. The van der Waals surface area contributed by atoms with Gasteiger partial charge in [0.2, 0.25) is 0 Å². The van der Waals surface area contributed by atoms with Crippen LogP contribution in [0.4, 0.5) is 5.69 Å². The summed E-state index contributed by atoms with van der Waals surface area (Å²) in [6.45, 7) is 1.44. The van der Waals surface area contributed by atoms with Crippen LogP contribution in [-0.2, 0) is 9.59 Å². The van der Waals surface area contributed by atoms with Crippen LogP contribution >= 0.6 is 23.5 Å². The highest BCUT2D eigenvalue weighted by Gasteiger charge is 2.22. The van der Waals surface area contributed by atoms with Gasteiger partial charge in [0.1, 0.15) is 11.3 Å². The number of anilines is 1. The van der Waals surface area contributed by atoms with Gasteiger partial charge >= 0.3 is 0 Å². The number of amides is 1. The first-order valence-electron chi connectivity index (χ1n) is 6.58. The molecule has 21 heavy (non-hydrogen) atoms. The predicted octanol–water partition coefficient (Wildman–Crippen LogP) is 3.30. The van der Waals surface area contributed by atoms with Gasteiger partial charge in [0, 0.05) is 5.69 Å². The molecule has 1 N–H and O–H groups in total. The number of benzene rings is 1. The zero-order valence-electron chi connectivity index (χ0n) is 12.0. The molecule has 0 aliphatic carbocycles. The van der Waals surface area contributed by atoms with Gasteiger partial charge in [-0.2, -0.15) is 0 Å². The summed E-state index contributed by atoms with van der Waals surface area (Å²) in [4.78, 5) is 24.2. The molecule has 1 fully saturated rings. The zero-order chi connectivity index (χ0) is 15.2. The number of rotatable bonds is 4. The Morgan fingerprint density at radius 3 is 2.29 bits per heavy atom. The second-order valence-corrected chi connectivity index (χ2v) is 6.92. The molecule has 0 atom stereocenters. The SMILES string of the molecule is COc1ccc(NC(=O)C(C(C)=O)=C2SCCCS2)cc1. The third kappa shape index (κ3) is 4.28. The summed E-state index contributed by atoms with van der Waals surface area (Å²) in [5.41, 5.74) is 0.909. The molecule has 0 radical (unpaired) electrons. The number of ether oxygens (including phenoxy) is 1. The molecule has 1 saturated heterocycles. The number of thioether (sulfide) groups is 2. The van der Waals surface area contributed by atoms with Gasteiger partial charge in [-0.25, -0.2) is 0 Å². The van der Waals surface area contributed by atoms with Crippen LogP contribution in [0.2, 0.25) is 0 Å². The standard InChI is InChI=1S/C15H17NO3S2/c1-10(17)13(15-20-8-3-9-21-15)14(18)16-11-4-6-12(19-2)7-5-11/h4-7H,3,8-9H2,1-2H3,(H,16,18). The molecule has 0 spiro atoms. The first-order chi connectivity index (χ1) is 10.1. The van der Waals surface area contributed by atoms with Crippen LogP contribution in [0, 0.1) is 0 Å². The summed E-state index contributed by atoms with van der Waals surface area (Å²) < 4.78 is 5.91. The van der Waals surface area contributed by atoms with Gasteiger partial charge in [-0.15, -0.1) is 23.5 Å². The molecule has 112 valence electrons. The summed E-state index contributed by atoms with van der Waals surface area (Å²) in [6.07, 6.45) is 1.10. The molecule has 1 heterocycles. The van der Waals surface area contributed by atoms with Gasteiger partial charge in [0.25, 0.3) is 5.91 Å². The number of Topliss-reactive ketones (excluding diaryl/α,β-unsaturated/α-hetero) is 1. The van der Waals surface area contributed by atoms with E-state index in [1.54, 1.807) is 54.9 Å². The van der Waals surface area contributed by atoms with E-state index >= 15 is 0 Å². The molecule has 1 aromatic carbocycles. The first kappa shape index (κ1) is 16.0. The van der Waals surface area contributed by atoms with Crippen LogP contribution in [-0.4, -0.2) is 30.3 Å². The van der Waals surface area contributed by atoms with Crippen LogP contribution in [0.5, 0.6) is 5.75 Å². The van der Waals surface area contributed by atoms with Crippen molar-refractivity contribution in [2.45, 2.75) is 13.3 Å². The minimum Gasteiger partial charge on any atom is -0.497 e. The van der Waals surface area contributed by atoms with Crippen LogP contribution in [0.3, 0.4) is 0 Å². The van der Waals surface area contributed by atoms with Gasteiger partial charge in [-0.1, -0.05) is 0 Å². The number of ketones is 1. The maximum Gasteiger partial charge on any atom is 0.260 e. The van der Waals surface area contributed by atoms with Crippen molar-refractivity contribution < 1.29 is 14.3 Å². The normalized spacial score (nSPS) is 14.5. The van der Waals surface area contributed by atoms with Crippen molar-refractivity contribution >= 4 is 40.9 Å². The van der Waals surface area contributed by atoms with Crippen LogP contribution in [0.15, 0.2) is 34.1 Å². The van der Waals surface area contributed by atoms with E-state index in [4.69, 9.17) is 4.74 Å². The largest absolute Gasteiger partial charge is 0.497 e. The molecule has 1 amide bonds. The fourth-order valence-electron chi connectivity index (χ4n) is 1.84. The van der Waals surface area contributed by atoms with Crippen molar-refractivity contribution in [1.82, 2.24) is 0 Å². The third-order valence-corrected chi connectivity index (χ3v) is 5.51. The van der Waals surface area contributed by atoms with Crippen LogP contribution in [0.1, 0.15) is 13.3 Å². The average molecular weight is 323 g/mol. The van der Waals surface area contributed by atoms with E-state index in [0.29, 0.717) is 5.69 Å². The molecule has 1 aromatic rings. The number of carbonyl (C=O) groups is 2. The minimum absolute atomic E-state index is 0.196. The highest BCUT2D eigenvalue weighted by Crippen LogP contribution is 2.37. The van der Waals surface area contributed by atoms with Gasteiger partial charge < -0.3 is 10.1 Å². The Morgan fingerprint density at radius 2 is 1.76 bits per heavy atom. The van der Waals surface area contributed by atoms with Crippen molar-refractivity contribution in [2.24, 2.45) is 0 Å². The van der Waals surface area contributed by atoms with Crippen LogP contribution < -0.4 is 10.1 Å². The predicted molar refractivity (Wildman–Crippen MR) is 88.9 cm³/mol. The summed E-state index contributed by atoms with van der Waals surface area (Å²) in [6, 6.07) is 7.03. The zero-order valence-corrected chi connectivity index (χ0v) is 13.6. The molecule has 4 nitrogen and oxygen atoms in total. The number of nitrogens with one attached hydrogen (secondary N) is 1. The summed E-state index contributed by atoms with van der Waals surface area (Å²) >= 11 is 3.17. The Kier molecular flexibility index (Phi) is 5.76. The van der Waals surface area contributed by atoms with Gasteiger partial charge in [0.15, 0.2) is 5.78 Å². The topological polar surface area (TPSA) is 55.4 Å². The lowest BCUT2D eigenvalue weighted by molar-refractivity contribution is -0.118. The molecule has 0 unspecified atom stereocenters. The maximum absolute atomic E-state index is 12.4. The van der Waals surface area contributed by atoms with E-state index in [9.17, 15) is 9.59 Å². The van der Waals surface area contributed by atoms with E-state index < -0.39 is 0 Å². The lowest BCUT2D eigenvalue weighted by atomic mass is 10.2. The summed E-state index contributed by atoms with van der Waals surface area (Å²) in [5.74, 6) is 2.09. The Labute approximate surface area is 132 Å². The van der Waals surface area contributed by atoms with Crippen LogP contribution in [0.25, 0.3) is 0 Å². The van der Waals surface area contributed by atoms with Crippen molar-refractivity contribution in [1.29, 1.82) is 0 Å². The average Bonchev–Trinajstić information content (AvgIpc) is 2.49. The van der Waals surface area contributed by atoms with E-state index in [1.807, 2.05) is 0 Å². The van der Waals surface area contributed by atoms with Crippen molar-refractivity contribution in [3.8, 4) is 5.75 Å². The quantitative estimate of drug-likeness (QED) is 0.523. The number of hydrogen-bond acceptors (Lipinski definition) is 5. The second-order valence-electron chi connectivity index (χ2n) is 4.45. The van der Waals surface area contributed by atoms with Crippen molar-refractivity contribution in [3.63, 3.8) is 0 Å². The molecular weight excluding hydrogens is 306 g/mol. The highest BCUT2D eigenvalue weighted by molar-refractivity contribution is 8.22. The monoisotopic (exact) mass is 323 g/mol. The number of methoxy groups -OCH3 is 1. The van der Waals surface area contributed by atoms with Gasteiger partial charge in [0.05, 0.1) is 11.3 Å². The van der Waals surface area contributed by atoms with E-state index in [2.05, 4.69) is 5.32 Å². The molecule has 6 heteroatoms. The summed E-state index contributed by atoms with van der Waals surface area (Å²) in [7, 11) is 1.59. The fourth-order valence-corrected chi connectivity index (χ4v) is 4.56. The van der Waals surface area contributed by atoms with Crippen molar-refractivity contribution in [2.75, 3.05) is 23.9 Å². The minimum atomic E-state index is -0.343. The van der Waals surface area contributed by atoms with Gasteiger partial charge in [-0.3, -0.25) is 9.59 Å². The Morgan fingerprint density at radius 1 is 1.14 bits per heavy atom. The Hall–Kier alpha value is -1.40. The number of carbonyl (C=O) groups excluding carboxylic acids is 2. The number of hydrogen-bond donors (Lipinski definition) is 1. The third-order valence-electron chi connectivity index (χ3n) is 2.89. The maximum atomic E-state index is 12.4. The van der Waals surface area contributed by atoms with Gasteiger partial charge in [-0.05, 0) is 49.1 Å². The Balaban J connectivity index is 2.16. The molecule has 1 aliphatic heterocycles. The lowest BCUT2D eigenvalue weighted by Gasteiger charge is -2.16. The molecular formula is C15H17NO3S2. The van der Waals surface area contributed by atoms with E-state index in [0.717, 1.165) is 27.9 Å². The van der Waals surface area contributed by atoms with E-state index in [1.165, 1.54) is 6.92 Å². The smallest absolute Gasteiger partial charge is 0.260 e. The molecule has 0 saturated carbocycles. The lowest BCUT2D eigenvalue weighted by Crippen LogP contribution is -2.20. The molecule has 2 rings (SSSR count). The van der Waals surface area contributed by atoms with Crippen molar-refractivity contribution in [3.05, 3.63) is 34.1 Å². The molecule has 0 aromatic heterocycles. The fraction of sp³-hybridized carbons (Fsp3) is 0.333. The second kappa shape index (κ2) is 7.56. The summed E-state index contributed by atoms with van der Waals surface area (Å²) in [5, 5.41) is 2.77.